The summed E-state index contributed by atoms with van der Waals surface area (Å²) in [5.41, 5.74) is 5.14. The summed E-state index contributed by atoms with van der Waals surface area (Å²) in [6, 6.07) is 13.5. The average Bonchev–Trinajstić information content (AvgIpc) is 2.73. The number of carbonyl (C=O) groups is 3. The summed E-state index contributed by atoms with van der Waals surface area (Å²) in [5.74, 6) is -0.792. The fourth-order valence-corrected chi connectivity index (χ4v) is 4.21. The second-order valence-corrected chi connectivity index (χ2v) is 8.02. The summed E-state index contributed by atoms with van der Waals surface area (Å²) in [7, 11) is 0. The Balaban J connectivity index is 1.79. The molecule has 0 heterocycles. The molecule has 1 aliphatic rings. The number of rotatable bonds is 2. The molecule has 1 aliphatic carbocycles. The Morgan fingerprint density at radius 2 is 1.41 bits per heavy atom. The summed E-state index contributed by atoms with van der Waals surface area (Å²) in [5, 5.41) is 2.85. The number of hydrogen-bond donors (Lipinski definition) is 1. The van der Waals surface area contributed by atoms with E-state index in [2.05, 4.69) is 21.2 Å². The van der Waals surface area contributed by atoms with Gasteiger partial charge in [0.1, 0.15) is 0 Å². The Kier molecular flexibility index (Phi) is 4.71. The van der Waals surface area contributed by atoms with Crippen LogP contribution in [-0.4, -0.2) is 17.5 Å². The number of carbonyl (C=O) groups excluding carboxylic acids is 3. The van der Waals surface area contributed by atoms with E-state index < -0.39 is 0 Å². The van der Waals surface area contributed by atoms with Gasteiger partial charge in [0.2, 0.25) is 0 Å². The molecule has 0 saturated heterocycles. The third-order valence-electron chi connectivity index (χ3n) is 5.60. The highest BCUT2D eigenvalue weighted by Crippen LogP contribution is 2.33. The first-order valence-electron chi connectivity index (χ1n) is 9.20. The van der Waals surface area contributed by atoms with E-state index in [1.54, 1.807) is 48.5 Å². The van der Waals surface area contributed by atoms with Crippen molar-refractivity contribution in [1.29, 1.82) is 0 Å². The Hall–Kier alpha value is -3.05. The standard InChI is InChI=1S/C24H18BrNO3/c1-12-13(2)18(11-19(25)14(12)3)24(29)26-20-10-6-9-17-21(20)23(28)16-8-5-4-7-15(16)22(17)27/h4-11H,1-3H3,(H,26,29). The minimum absolute atomic E-state index is 0.212. The number of amides is 1. The van der Waals surface area contributed by atoms with E-state index in [-0.39, 0.29) is 23.0 Å². The lowest BCUT2D eigenvalue weighted by molar-refractivity contribution is 0.0978. The highest BCUT2D eigenvalue weighted by molar-refractivity contribution is 9.10. The first-order valence-corrected chi connectivity index (χ1v) is 9.99. The molecule has 1 N–H and O–H groups in total. The molecular weight excluding hydrogens is 430 g/mol. The topological polar surface area (TPSA) is 63.2 Å². The van der Waals surface area contributed by atoms with Crippen molar-refractivity contribution in [3.05, 3.63) is 97.5 Å². The Morgan fingerprint density at radius 3 is 2.10 bits per heavy atom. The zero-order valence-corrected chi connectivity index (χ0v) is 17.8. The highest BCUT2D eigenvalue weighted by Gasteiger charge is 2.31. The number of ketones is 2. The fourth-order valence-electron chi connectivity index (χ4n) is 3.68. The maximum atomic E-state index is 13.1. The molecule has 0 unspecified atom stereocenters. The van der Waals surface area contributed by atoms with Gasteiger partial charge >= 0.3 is 0 Å². The minimum atomic E-state index is -0.321. The van der Waals surface area contributed by atoms with Crippen LogP contribution in [0, 0.1) is 20.8 Å². The molecule has 144 valence electrons. The van der Waals surface area contributed by atoms with Crippen LogP contribution < -0.4 is 5.32 Å². The predicted octanol–water partition coefficient (Wildman–Crippen LogP) is 5.40. The number of nitrogens with one attached hydrogen (secondary N) is 1. The van der Waals surface area contributed by atoms with Crippen LogP contribution in [0.25, 0.3) is 0 Å². The maximum Gasteiger partial charge on any atom is 0.255 e. The molecule has 0 atom stereocenters. The van der Waals surface area contributed by atoms with Crippen molar-refractivity contribution in [2.24, 2.45) is 0 Å². The van der Waals surface area contributed by atoms with E-state index in [4.69, 9.17) is 0 Å². The number of hydrogen-bond acceptors (Lipinski definition) is 3. The van der Waals surface area contributed by atoms with Crippen molar-refractivity contribution >= 4 is 39.1 Å². The highest BCUT2D eigenvalue weighted by atomic mass is 79.9. The van der Waals surface area contributed by atoms with Crippen LogP contribution in [0.3, 0.4) is 0 Å². The molecule has 29 heavy (non-hydrogen) atoms. The monoisotopic (exact) mass is 447 g/mol. The minimum Gasteiger partial charge on any atom is -0.321 e. The summed E-state index contributed by atoms with van der Waals surface area (Å²) in [6.07, 6.45) is 0. The molecule has 0 fully saturated rings. The molecule has 0 bridgehead atoms. The molecule has 3 aromatic rings. The van der Waals surface area contributed by atoms with Gasteiger partial charge in [-0.25, -0.2) is 0 Å². The fraction of sp³-hybridized carbons (Fsp3) is 0.125. The van der Waals surface area contributed by atoms with Gasteiger partial charge in [-0.15, -0.1) is 0 Å². The van der Waals surface area contributed by atoms with Gasteiger partial charge in [0.25, 0.3) is 5.91 Å². The number of halogens is 1. The van der Waals surface area contributed by atoms with Crippen molar-refractivity contribution < 1.29 is 14.4 Å². The van der Waals surface area contributed by atoms with E-state index in [9.17, 15) is 14.4 Å². The lowest BCUT2D eigenvalue weighted by atomic mass is 9.83. The lowest BCUT2D eigenvalue weighted by Crippen LogP contribution is -2.24. The summed E-state index contributed by atoms with van der Waals surface area (Å²) in [4.78, 5) is 39.0. The molecule has 3 aromatic carbocycles. The smallest absolute Gasteiger partial charge is 0.255 e. The summed E-state index contributed by atoms with van der Waals surface area (Å²) < 4.78 is 0.848. The molecule has 0 saturated carbocycles. The van der Waals surface area contributed by atoms with Crippen LogP contribution in [0.15, 0.2) is 53.0 Å². The van der Waals surface area contributed by atoms with E-state index in [1.807, 2.05) is 20.8 Å². The molecule has 0 radical (unpaired) electrons. The van der Waals surface area contributed by atoms with Gasteiger partial charge in [-0.05, 0) is 49.6 Å². The SMILES string of the molecule is Cc1c(Br)cc(C(=O)Nc2cccc3c2C(=O)c2ccccc2C3=O)c(C)c1C. The molecule has 0 spiro atoms. The molecule has 1 amide bonds. The van der Waals surface area contributed by atoms with Gasteiger partial charge < -0.3 is 5.32 Å². The molecule has 0 aliphatic heterocycles. The van der Waals surface area contributed by atoms with Gasteiger partial charge in [-0.1, -0.05) is 52.3 Å². The second kappa shape index (κ2) is 7.08. The number of benzene rings is 3. The first kappa shape index (κ1) is 19.3. The van der Waals surface area contributed by atoms with Crippen molar-refractivity contribution in [2.75, 3.05) is 5.32 Å². The van der Waals surface area contributed by atoms with Crippen molar-refractivity contribution in [1.82, 2.24) is 0 Å². The molecule has 0 aromatic heterocycles. The van der Waals surface area contributed by atoms with E-state index >= 15 is 0 Å². The lowest BCUT2D eigenvalue weighted by Gasteiger charge is -2.21. The van der Waals surface area contributed by atoms with Gasteiger partial charge in [0.05, 0.1) is 11.3 Å². The van der Waals surface area contributed by atoms with Gasteiger partial charge in [-0.3, -0.25) is 14.4 Å². The van der Waals surface area contributed by atoms with Crippen LogP contribution in [0.2, 0.25) is 0 Å². The van der Waals surface area contributed by atoms with Crippen molar-refractivity contribution in [3.63, 3.8) is 0 Å². The van der Waals surface area contributed by atoms with Gasteiger partial charge in [0, 0.05) is 26.7 Å². The third kappa shape index (κ3) is 3.02. The Labute approximate surface area is 177 Å². The summed E-state index contributed by atoms with van der Waals surface area (Å²) in [6.45, 7) is 5.86. The third-order valence-corrected chi connectivity index (χ3v) is 6.43. The van der Waals surface area contributed by atoms with Gasteiger partial charge in [-0.2, -0.15) is 0 Å². The van der Waals surface area contributed by atoms with Crippen molar-refractivity contribution in [3.8, 4) is 0 Å². The van der Waals surface area contributed by atoms with E-state index in [1.165, 1.54) is 0 Å². The van der Waals surface area contributed by atoms with Crippen molar-refractivity contribution in [2.45, 2.75) is 20.8 Å². The maximum absolute atomic E-state index is 13.1. The molecule has 4 rings (SSSR count). The Morgan fingerprint density at radius 1 is 0.793 bits per heavy atom. The largest absolute Gasteiger partial charge is 0.321 e. The average molecular weight is 448 g/mol. The molecule has 5 heteroatoms. The number of anilines is 1. The van der Waals surface area contributed by atoms with Crippen LogP contribution in [-0.2, 0) is 0 Å². The van der Waals surface area contributed by atoms with E-state index in [0.29, 0.717) is 27.9 Å². The van der Waals surface area contributed by atoms with Crippen LogP contribution >= 0.6 is 15.9 Å². The zero-order valence-electron chi connectivity index (χ0n) is 16.2. The van der Waals surface area contributed by atoms with Crippen LogP contribution in [0.5, 0.6) is 0 Å². The first-order chi connectivity index (χ1) is 13.8. The number of fused-ring (bicyclic) bond motifs is 2. The second-order valence-electron chi connectivity index (χ2n) is 7.17. The van der Waals surface area contributed by atoms with E-state index in [0.717, 1.165) is 21.2 Å². The zero-order chi connectivity index (χ0) is 20.9. The van der Waals surface area contributed by atoms with Crippen LogP contribution in [0.1, 0.15) is 58.9 Å². The quantitative estimate of drug-likeness (QED) is 0.447. The summed E-state index contributed by atoms with van der Waals surface area (Å²) >= 11 is 3.50. The van der Waals surface area contributed by atoms with Crippen LogP contribution in [0.4, 0.5) is 5.69 Å². The molecular formula is C24H18BrNO3. The molecule has 4 nitrogen and oxygen atoms in total. The Bertz CT molecular complexity index is 1230. The normalized spacial score (nSPS) is 12.4. The predicted molar refractivity (Wildman–Crippen MR) is 116 cm³/mol. The van der Waals surface area contributed by atoms with Gasteiger partial charge in [0.15, 0.2) is 11.6 Å².